The second-order valence-electron chi connectivity index (χ2n) is 5.94. The van der Waals surface area contributed by atoms with Crippen LogP contribution in [0.3, 0.4) is 0 Å². The fourth-order valence-corrected chi connectivity index (χ4v) is 2.39. The smallest absolute Gasteiger partial charge is 0.379 e. The van der Waals surface area contributed by atoms with E-state index in [2.05, 4.69) is 0 Å². The first-order chi connectivity index (χ1) is 9.12. The van der Waals surface area contributed by atoms with E-state index < -0.39 is 12.3 Å². The SMILES string of the molecule is CC(C)(C)c1ccc(C(O)C(F)(F)F)c2ccccc12. The van der Waals surface area contributed by atoms with Crippen molar-refractivity contribution in [3.8, 4) is 0 Å². The molecule has 0 aromatic heterocycles. The van der Waals surface area contributed by atoms with Gasteiger partial charge in [-0.15, -0.1) is 0 Å². The summed E-state index contributed by atoms with van der Waals surface area (Å²) in [7, 11) is 0. The summed E-state index contributed by atoms with van der Waals surface area (Å²) in [5.74, 6) is 0. The number of halogens is 3. The molecule has 1 unspecified atom stereocenters. The molecule has 0 heterocycles. The van der Waals surface area contributed by atoms with Gasteiger partial charge in [0.05, 0.1) is 0 Å². The van der Waals surface area contributed by atoms with Gasteiger partial charge in [0.1, 0.15) is 0 Å². The second-order valence-corrected chi connectivity index (χ2v) is 5.94. The Hall–Kier alpha value is -1.55. The molecule has 0 radical (unpaired) electrons. The molecule has 0 saturated heterocycles. The summed E-state index contributed by atoms with van der Waals surface area (Å²) in [5.41, 5.74) is 0.689. The van der Waals surface area contributed by atoms with E-state index in [0.717, 1.165) is 10.9 Å². The zero-order chi connectivity index (χ0) is 15.1. The van der Waals surface area contributed by atoms with E-state index in [1.54, 1.807) is 30.3 Å². The van der Waals surface area contributed by atoms with Crippen LogP contribution in [0.5, 0.6) is 0 Å². The van der Waals surface area contributed by atoms with Crippen molar-refractivity contribution in [2.24, 2.45) is 0 Å². The van der Waals surface area contributed by atoms with Gasteiger partial charge in [0, 0.05) is 0 Å². The maximum absolute atomic E-state index is 12.7. The van der Waals surface area contributed by atoms with Gasteiger partial charge in [-0.1, -0.05) is 57.2 Å². The molecule has 2 aromatic rings. The number of rotatable bonds is 1. The molecule has 20 heavy (non-hydrogen) atoms. The molecule has 0 aliphatic rings. The molecule has 2 rings (SSSR count). The zero-order valence-electron chi connectivity index (χ0n) is 11.6. The number of alkyl halides is 3. The van der Waals surface area contributed by atoms with Gasteiger partial charge in [-0.2, -0.15) is 13.2 Å². The molecular formula is C16H17F3O. The Morgan fingerprint density at radius 1 is 0.900 bits per heavy atom. The molecule has 4 heteroatoms. The van der Waals surface area contributed by atoms with Gasteiger partial charge in [0.25, 0.3) is 0 Å². The van der Waals surface area contributed by atoms with Crippen molar-refractivity contribution < 1.29 is 18.3 Å². The summed E-state index contributed by atoms with van der Waals surface area (Å²) < 4.78 is 38.2. The lowest BCUT2D eigenvalue weighted by atomic mass is 9.82. The molecule has 1 nitrogen and oxygen atoms in total. The van der Waals surface area contributed by atoms with Crippen molar-refractivity contribution in [3.63, 3.8) is 0 Å². The van der Waals surface area contributed by atoms with Crippen LogP contribution >= 0.6 is 0 Å². The van der Waals surface area contributed by atoms with Crippen LogP contribution in [0.1, 0.15) is 38.0 Å². The molecule has 0 aliphatic carbocycles. The summed E-state index contributed by atoms with van der Waals surface area (Å²) in [4.78, 5) is 0. The van der Waals surface area contributed by atoms with Gasteiger partial charge in [-0.25, -0.2) is 0 Å². The lowest BCUT2D eigenvalue weighted by Crippen LogP contribution is -2.21. The van der Waals surface area contributed by atoms with E-state index in [0.29, 0.717) is 5.39 Å². The lowest BCUT2D eigenvalue weighted by Gasteiger charge is -2.24. The summed E-state index contributed by atoms with van der Waals surface area (Å²) in [6, 6.07) is 9.94. The van der Waals surface area contributed by atoms with Gasteiger partial charge in [0.2, 0.25) is 0 Å². The first kappa shape index (κ1) is 14.9. The summed E-state index contributed by atoms with van der Waals surface area (Å²) in [6.07, 6.45) is -7.12. The summed E-state index contributed by atoms with van der Waals surface area (Å²) in [6.45, 7) is 6.03. The summed E-state index contributed by atoms with van der Waals surface area (Å²) in [5, 5.41) is 10.7. The Morgan fingerprint density at radius 3 is 1.95 bits per heavy atom. The fourth-order valence-electron chi connectivity index (χ4n) is 2.39. The van der Waals surface area contributed by atoms with Crippen molar-refractivity contribution >= 4 is 10.8 Å². The van der Waals surface area contributed by atoms with E-state index in [9.17, 15) is 18.3 Å². The van der Waals surface area contributed by atoms with Crippen molar-refractivity contribution in [2.75, 3.05) is 0 Å². The predicted molar refractivity (Wildman–Crippen MR) is 73.7 cm³/mol. The molecule has 0 aliphatic heterocycles. The standard InChI is InChI=1S/C16H17F3O/c1-15(2,3)13-9-8-12(14(20)16(17,18)19)10-6-4-5-7-11(10)13/h4-9,14,20H,1-3H3. The number of benzene rings is 2. The van der Waals surface area contributed by atoms with Crippen LogP contribution in [0.25, 0.3) is 10.8 Å². The van der Waals surface area contributed by atoms with Crippen molar-refractivity contribution in [3.05, 3.63) is 47.5 Å². The molecule has 0 fully saturated rings. The molecule has 0 spiro atoms. The highest BCUT2D eigenvalue weighted by Crippen LogP contribution is 2.39. The van der Waals surface area contributed by atoms with Crippen LogP contribution in [0.4, 0.5) is 13.2 Å². The van der Waals surface area contributed by atoms with E-state index in [-0.39, 0.29) is 11.0 Å². The maximum atomic E-state index is 12.7. The molecular weight excluding hydrogens is 265 g/mol. The topological polar surface area (TPSA) is 20.2 Å². The number of aliphatic hydroxyl groups excluding tert-OH is 1. The highest BCUT2D eigenvalue weighted by molar-refractivity contribution is 5.89. The number of fused-ring (bicyclic) bond motifs is 1. The molecule has 0 saturated carbocycles. The highest BCUT2D eigenvalue weighted by Gasteiger charge is 2.40. The zero-order valence-corrected chi connectivity index (χ0v) is 11.6. The first-order valence-corrected chi connectivity index (χ1v) is 6.39. The minimum Gasteiger partial charge on any atom is -0.379 e. The van der Waals surface area contributed by atoms with Crippen molar-refractivity contribution in [1.82, 2.24) is 0 Å². The monoisotopic (exact) mass is 282 g/mol. The molecule has 108 valence electrons. The van der Waals surface area contributed by atoms with Crippen molar-refractivity contribution in [2.45, 2.75) is 38.5 Å². The van der Waals surface area contributed by atoms with E-state index in [1.165, 1.54) is 6.07 Å². The number of hydrogen-bond acceptors (Lipinski definition) is 1. The average molecular weight is 282 g/mol. The van der Waals surface area contributed by atoms with Crippen LogP contribution in [-0.2, 0) is 5.41 Å². The molecule has 2 aromatic carbocycles. The predicted octanol–water partition coefficient (Wildman–Crippen LogP) is 4.73. The molecule has 0 bridgehead atoms. The Balaban J connectivity index is 2.73. The molecule has 0 amide bonds. The number of hydrogen-bond donors (Lipinski definition) is 1. The van der Waals surface area contributed by atoms with Gasteiger partial charge in [-0.05, 0) is 27.3 Å². The fraction of sp³-hybridized carbons (Fsp3) is 0.375. The normalized spacial score (nSPS) is 14.6. The molecule has 1 N–H and O–H groups in total. The van der Waals surface area contributed by atoms with E-state index >= 15 is 0 Å². The Labute approximate surface area is 116 Å². The Bertz CT molecular complexity index is 624. The van der Waals surface area contributed by atoms with Gasteiger partial charge < -0.3 is 5.11 Å². The average Bonchev–Trinajstić information content (AvgIpc) is 2.34. The van der Waals surface area contributed by atoms with Gasteiger partial charge >= 0.3 is 6.18 Å². The summed E-state index contributed by atoms with van der Waals surface area (Å²) >= 11 is 0. The lowest BCUT2D eigenvalue weighted by molar-refractivity contribution is -0.206. The maximum Gasteiger partial charge on any atom is 0.418 e. The van der Waals surface area contributed by atoms with Crippen molar-refractivity contribution in [1.29, 1.82) is 0 Å². The number of aliphatic hydroxyl groups is 1. The Kier molecular flexibility index (Phi) is 3.54. The third-order valence-electron chi connectivity index (χ3n) is 3.37. The Morgan fingerprint density at radius 2 is 1.45 bits per heavy atom. The third kappa shape index (κ3) is 2.66. The minimum atomic E-state index is -4.66. The third-order valence-corrected chi connectivity index (χ3v) is 3.37. The van der Waals surface area contributed by atoms with Crippen LogP contribution in [0.15, 0.2) is 36.4 Å². The van der Waals surface area contributed by atoms with Crippen LogP contribution in [-0.4, -0.2) is 11.3 Å². The largest absolute Gasteiger partial charge is 0.418 e. The highest BCUT2D eigenvalue weighted by atomic mass is 19.4. The second kappa shape index (κ2) is 4.77. The van der Waals surface area contributed by atoms with Crippen LogP contribution < -0.4 is 0 Å². The quantitative estimate of drug-likeness (QED) is 0.801. The van der Waals surface area contributed by atoms with E-state index in [4.69, 9.17) is 0 Å². The molecule has 1 atom stereocenters. The van der Waals surface area contributed by atoms with E-state index in [1.807, 2.05) is 20.8 Å². The van der Waals surface area contributed by atoms with Gasteiger partial charge in [-0.3, -0.25) is 0 Å². The van der Waals surface area contributed by atoms with Crippen LogP contribution in [0.2, 0.25) is 0 Å². The van der Waals surface area contributed by atoms with Crippen LogP contribution in [0, 0.1) is 0 Å². The van der Waals surface area contributed by atoms with Gasteiger partial charge in [0.15, 0.2) is 6.10 Å². The minimum absolute atomic E-state index is 0.0962. The first-order valence-electron chi connectivity index (χ1n) is 6.39.